The Hall–Kier alpha value is 0.390. The van der Waals surface area contributed by atoms with Crippen molar-refractivity contribution in [3.8, 4) is 0 Å². The number of aryl methyl sites for hydroxylation is 1. The Balaban J connectivity index is 3.25. The number of benzene rings is 1. The van der Waals surface area contributed by atoms with Gasteiger partial charge in [0, 0.05) is 13.6 Å². The van der Waals surface area contributed by atoms with Crippen molar-refractivity contribution in [3.63, 3.8) is 0 Å². The average molecular weight is 327 g/mol. The van der Waals surface area contributed by atoms with Gasteiger partial charge in [-0.15, -0.1) is 0 Å². The van der Waals surface area contributed by atoms with Gasteiger partial charge >= 0.3 is 0 Å². The zero-order valence-electron chi connectivity index (χ0n) is 6.06. The van der Waals surface area contributed by atoms with Crippen molar-refractivity contribution in [2.45, 2.75) is 13.5 Å². The van der Waals surface area contributed by atoms with Gasteiger partial charge in [-0.3, -0.25) is 0 Å². The van der Waals surface area contributed by atoms with Crippen LogP contribution in [-0.2, 0) is 6.61 Å². The van der Waals surface area contributed by atoms with Crippen LogP contribution >= 0.6 is 38.5 Å². The predicted molar refractivity (Wildman–Crippen MR) is 57.5 cm³/mol. The highest BCUT2D eigenvalue weighted by Gasteiger charge is 2.03. The number of rotatable bonds is 1. The molecule has 0 aliphatic heterocycles. The lowest BCUT2D eigenvalue weighted by atomic mass is 10.2. The Labute approximate surface area is 88.1 Å². The van der Waals surface area contributed by atoms with E-state index in [1.807, 2.05) is 13.0 Å². The van der Waals surface area contributed by atoms with Crippen LogP contribution in [0.5, 0.6) is 0 Å². The molecule has 3 heteroatoms. The van der Waals surface area contributed by atoms with Gasteiger partial charge in [-0.25, -0.2) is 0 Å². The summed E-state index contributed by atoms with van der Waals surface area (Å²) in [6, 6.07) is 4.06. The lowest BCUT2D eigenvalue weighted by Gasteiger charge is -2.04. The first-order chi connectivity index (χ1) is 5.15. The van der Waals surface area contributed by atoms with Crippen molar-refractivity contribution < 1.29 is 5.11 Å². The van der Waals surface area contributed by atoms with E-state index in [-0.39, 0.29) is 6.61 Å². The van der Waals surface area contributed by atoms with Crippen molar-refractivity contribution in [1.29, 1.82) is 0 Å². The normalized spacial score (nSPS) is 10.2. The van der Waals surface area contributed by atoms with Gasteiger partial charge in [0.05, 0.1) is 6.61 Å². The molecule has 0 spiro atoms. The second-order valence-corrected chi connectivity index (χ2v) is 4.38. The minimum atomic E-state index is 0.0964. The maximum absolute atomic E-state index is 8.96. The summed E-state index contributed by atoms with van der Waals surface area (Å²) in [7, 11) is 0. The molecule has 1 aromatic rings. The fraction of sp³-hybridized carbons (Fsp3) is 0.250. The summed E-state index contributed by atoms with van der Waals surface area (Å²) in [4.78, 5) is 0. The molecule has 0 unspecified atom stereocenters. The van der Waals surface area contributed by atoms with E-state index in [2.05, 4.69) is 44.6 Å². The van der Waals surface area contributed by atoms with Crippen LogP contribution in [0.3, 0.4) is 0 Å². The Morgan fingerprint density at radius 2 is 2.18 bits per heavy atom. The van der Waals surface area contributed by atoms with E-state index in [9.17, 15) is 0 Å². The lowest BCUT2D eigenvalue weighted by Crippen LogP contribution is -1.90. The van der Waals surface area contributed by atoms with Crippen molar-refractivity contribution in [2.24, 2.45) is 0 Å². The van der Waals surface area contributed by atoms with Crippen molar-refractivity contribution in [3.05, 3.63) is 31.3 Å². The molecule has 1 aromatic carbocycles. The summed E-state index contributed by atoms with van der Waals surface area (Å²) in [5.41, 5.74) is 2.18. The van der Waals surface area contributed by atoms with Gasteiger partial charge < -0.3 is 5.11 Å². The van der Waals surface area contributed by atoms with Gasteiger partial charge in [-0.05, 0) is 47.2 Å². The summed E-state index contributed by atoms with van der Waals surface area (Å²) in [5.74, 6) is 0. The van der Waals surface area contributed by atoms with Gasteiger partial charge in [-0.2, -0.15) is 0 Å². The van der Waals surface area contributed by atoms with E-state index in [4.69, 9.17) is 5.11 Å². The Morgan fingerprint density at radius 1 is 1.55 bits per heavy atom. The summed E-state index contributed by atoms with van der Waals surface area (Å²) in [5, 5.41) is 8.96. The number of hydrogen-bond donors (Lipinski definition) is 1. The van der Waals surface area contributed by atoms with Gasteiger partial charge in [0.25, 0.3) is 0 Å². The summed E-state index contributed by atoms with van der Waals surface area (Å²) >= 11 is 5.61. The van der Waals surface area contributed by atoms with Crippen LogP contribution in [-0.4, -0.2) is 5.11 Å². The molecule has 0 bridgehead atoms. The number of hydrogen-bond acceptors (Lipinski definition) is 1. The van der Waals surface area contributed by atoms with Gasteiger partial charge in [0.15, 0.2) is 0 Å². The second-order valence-electron chi connectivity index (χ2n) is 2.37. The monoisotopic (exact) mass is 326 g/mol. The van der Waals surface area contributed by atoms with E-state index < -0.39 is 0 Å². The molecule has 1 N–H and O–H groups in total. The van der Waals surface area contributed by atoms with Gasteiger partial charge in [0.2, 0.25) is 0 Å². The quantitative estimate of drug-likeness (QED) is 0.787. The van der Waals surface area contributed by atoms with Crippen LogP contribution in [0.1, 0.15) is 11.1 Å². The molecule has 0 aliphatic rings. The molecule has 1 nitrogen and oxygen atoms in total. The van der Waals surface area contributed by atoms with Crippen LogP contribution in [0.2, 0.25) is 0 Å². The highest BCUT2D eigenvalue weighted by molar-refractivity contribution is 14.1. The molecule has 60 valence electrons. The molecule has 0 heterocycles. The standard InChI is InChI=1S/C8H8BrIO/c1-5-2-7(9)6(4-11)8(10)3-5/h2-3,11H,4H2,1H3. The van der Waals surface area contributed by atoms with Crippen LogP contribution < -0.4 is 0 Å². The zero-order chi connectivity index (χ0) is 8.43. The number of halogens is 2. The van der Waals surface area contributed by atoms with E-state index >= 15 is 0 Å². The molecule has 0 saturated heterocycles. The molecule has 11 heavy (non-hydrogen) atoms. The molecule has 0 saturated carbocycles. The number of aliphatic hydroxyl groups excluding tert-OH is 1. The van der Waals surface area contributed by atoms with Crippen molar-refractivity contribution >= 4 is 38.5 Å². The Morgan fingerprint density at radius 3 is 2.64 bits per heavy atom. The van der Waals surface area contributed by atoms with E-state index in [0.29, 0.717) is 0 Å². The molecule has 0 radical (unpaired) electrons. The molecular formula is C8H8BrIO. The van der Waals surface area contributed by atoms with Crippen LogP contribution in [0.25, 0.3) is 0 Å². The topological polar surface area (TPSA) is 20.2 Å². The maximum Gasteiger partial charge on any atom is 0.0703 e. The third kappa shape index (κ3) is 2.16. The Bertz CT molecular complexity index is 250. The molecule has 0 aliphatic carbocycles. The molecule has 0 amide bonds. The van der Waals surface area contributed by atoms with E-state index in [0.717, 1.165) is 13.6 Å². The molecule has 0 fully saturated rings. The fourth-order valence-electron chi connectivity index (χ4n) is 0.881. The molecule has 0 aromatic heterocycles. The smallest absolute Gasteiger partial charge is 0.0703 e. The maximum atomic E-state index is 8.96. The predicted octanol–water partition coefficient (Wildman–Crippen LogP) is 2.85. The summed E-state index contributed by atoms with van der Waals surface area (Å²) in [6.07, 6.45) is 0. The first-order valence-corrected chi connectivity index (χ1v) is 5.07. The summed E-state index contributed by atoms with van der Waals surface area (Å²) in [6.45, 7) is 2.13. The van der Waals surface area contributed by atoms with Gasteiger partial charge in [-0.1, -0.05) is 15.9 Å². The number of aliphatic hydroxyl groups is 1. The average Bonchev–Trinajstić information content (AvgIpc) is 1.85. The lowest BCUT2D eigenvalue weighted by molar-refractivity contribution is 0.280. The second kappa shape index (κ2) is 3.87. The van der Waals surface area contributed by atoms with E-state index in [1.54, 1.807) is 0 Å². The highest BCUT2D eigenvalue weighted by atomic mass is 127. The van der Waals surface area contributed by atoms with Crippen molar-refractivity contribution in [2.75, 3.05) is 0 Å². The minimum Gasteiger partial charge on any atom is -0.392 e. The van der Waals surface area contributed by atoms with E-state index in [1.165, 1.54) is 5.56 Å². The third-order valence-electron chi connectivity index (χ3n) is 1.44. The molecular weight excluding hydrogens is 319 g/mol. The van der Waals surface area contributed by atoms with Crippen LogP contribution in [0, 0.1) is 10.5 Å². The first-order valence-electron chi connectivity index (χ1n) is 3.20. The largest absolute Gasteiger partial charge is 0.392 e. The molecule has 1 rings (SSSR count). The SMILES string of the molecule is Cc1cc(Br)c(CO)c(I)c1. The molecule has 0 atom stereocenters. The summed E-state index contributed by atoms with van der Waals surface area (Å²) < 4.78 is 2.10. The highest BCUT2D eigenvalue weighted by Crippen LogP contribution is 2.23. The van der Waals surface area contributed by atoms with Gasteiger partial charge in [0.1, 0.15) is 0 Å². The fourth-order valence-corrected chi connectivity index (χ4v) is 2.90. The minimum absolute atomic E-state index is 0.0964. The third-order valence-corrected chi connectivity index (χ3v) is 3.11. The van der Waals surface area contributed by atoms with Crippen molar-refractivity contribution in [1.82, 2.24) is 0 Å². The Kier molecular flexibility index (Phi) is 3.33. The first kappa shape index (κ1) is 9.48. The van der Waals surface area contributed by atoms with Crippen LogP contribution in [0.15, 0.2) is 16.6 Å². The van der Waals surface area contributed by atoms with Crippen LogP contribution in [0.4, 0.5) is 0 Å². The zero-order valence-corrected chi connectivity index (χ0v) is 9.81.